The number of aliphatic imine (C=N–C) groups is 2. The maximum atomic E-state index is 5.85. The first-order valence-electron chi connectivity index (χ1n) is 11.5. The summed E-state index contributed by atoms with van der Waals surface area (Å²) in [4.78, 5) is 14.0. The zero-order valence-corrected chi connectivity index (χ0v) is 20.7. The average Bonchev–Trinajstić information content (AvgIpc) is 3.36. The molecule has 1 aromatic carbocycles. The van der Waals surface area contributed by atoms with Crippen LogP contribution in [0, 0.1) is 5.92 Å². The summed E-state index contributed by atoms with van der Waals surface area (Å²) in [6.45, 7) is 4.62. The predicted octanol–water partition coefficient (Wildman–Crippen LogP) is 3.89. The summed E-state index contributed by atoms with van der Waals surface area (Å²) in [6.07, 6.45) is 4.11. The molecular formula is C26H31N5O4. The molecule has 0 saturated heterocycles. The van der Waals surface area contributed by atoms with Crippen molar-refractivity contribution in [2.24, 2.45) is 15.9 Å². The molecule has 0 amide bonds. The van der Waals surface area contributed by atoms with Crippen molar-refractivity contribution in [2.75, 3.05) is 21.3 Å². The highest BCUT2D eigenvalue weighted by Crippen LogP contribution is 2.20. The standard InChI is InChI=1S/C26H31N5O4/c1-17(2)24-26(34-5)28-22(25(29-24)33-4)14-19-12-13-31(30-19)23-11-10-21(15-27-23)35-16-18-6-8-20(32-3)9-7-18/h6-13,15,17,22,24H,14,16H2,1-5H3. The normalized spacial score (nSPS) is 17.5. The summed E-state index contributed by atoms with van der Waals surface area (Å²) in [7, 11) is 4.90. The second kappa shape index (κ2) is 11.0. The lowest BCUT2D eigenvalue weighted by molar-refractivity contribution is 0.304. The third kappa shape index (κ3) is 5.79. The fourth-order valence-corrected chi connectivity index (χ4v) is 3.77. The number of aromatic nitrogens is 3. The first-order chi connectivity index (χ1) is 17.0. The van der Waals surface area contributed by atoms with Crippen molar-refractivity contribution in [3.8, 4) is 17.3 Å². The van der Waals surface area contributed by atoms with Crippen LogP contribution in [0.4, 0.5) is 0 Å². The molecular weight excluding hydrogens is 446 g/mol. The lowest BCUT2D eigenvalue weighted by Gasteiger charge is -2.26. The Balaban J connectivity index is 1.40. The van der Waals surface area contributed by atoms with Crippen LogP contribution in [0.1, 0.15) is 25.1 Å². The number of hydrogen-bond acceptors (Lipinski definition) is 8. The molecule has 4 rings (SSSR count). The van der Waals surface area contributed by atoms with Crippen LogP contribution in [-0.2, 0) is 22.5 Å². The van der Waals surface area contributed by atoms with E-state index in [9.17, 15) is 0 Å². The summed E-state index contributed by atoms with van der Waals surface area (Å²) in [6, 6.07) is 13.0. The van der Waals surface area contributed by atoms with E-state index in [2.05, 4.69) is 23.9 Å². The minimum Gasteiger partial charge on any atom is -0.497 e. The highest BCUT2D eigenvalue weighted by Gasteiger charge is 2.31. The maximum Gasteiger partial charge on any atom is 0.209 e. The molecule has 0 saturated carbocycles. The van der Waals surface area contributed by atoms with Gasteiger partial charge in [0.2, 0.25) is 11.8 Å². The van der Waals surface area contributed by atoms with Gasteiger partial charge < -0.3 is 18.9 Å². The van der Waals surface area contributed by atoms with Crippen LogP contribution in [0.3, 0.4) is 0 Å². The van der Waals surface area contributed by atoms with Gasteiger partial charge in [-0.2, -0.15) is 5.10 Å². The van der Waals surface area contributed by atoms with Gasteiger partial charge >= 0.3 is 0 Å². The van der Waals surface area contributed by atoms with Crippen molar-refractivity contribution in [1.82, 2.24) is 14.8 Å². The van der Waals surface area contributed by atoms with E-state index in [1.165, 1.54) is 0 Å². The molecule has 3 aromatic rings. The number of methoxy groups -OCH3 is 3. The topological polar surface area (TPSA) is 92.4 Å². The molecule has 184 valence electrons. The van der Waals surface area contributed by atoms with E-state index in [4.69, 9.17) is 28.9 Å². The largest absolute Gasteiger partial charge is 0.497 e. The highest BCUT2D eigenvalue weighted by atomic mass is 16.5. The van der Waals surface area contributed by atoms with Crippen LogP contribution in [0.25, 0.3) is 5.82 Å². The van der Waals surface area contributed by atoms with E-state index in [0.29, 0.717) is 36.4 Å². The van der Waals surface area contributed by atoms with Crippen LogP contribution in [0.5, 0.6) is 11.5 Å². The number of ether oxygens (including phenoxy) is 4. The average molecular weight is 478 g/mol. The summed E-state index contributed by atoms with van der Waals surface area (Å²) in [5.41, 5.74) is 1.90. The Bertz CT molecular complexity index is 1170. The van der Waals surface area contributed by atoms with Crippen LogP contribution in [-0.4, -0.2) is 60.0 Å². The van der Waals surface area contributed by atoms with Gasteiger partial charge in [-0.1, -0.05) is 26.0 Å². The number of rotatable bonds is 8. The van der Waals surface area contributed by atoms with Crippen LogP contribution in [0.15, 0.2) is 64.8 Å². The Labute approximate surface area is 205 Å². The highest BCUT2D eigenvalue weighted by molar-refractivity contribution is 5.94. The van der Waals surface area contributed by atoms with E-state index in [1.807, 2.05) is 48.7 Å². The molecule has 0 fully saturated rings. The SMILES string of the molecule is COC1=NC(C(C)C)C(OC)=NC1Cc1ccn(-c2ccc(OCc3ccc(OC)cc3)cn2)n1. The van der Waals surface area contributed by atoms with E-state index < -0.39 is 0 Å². The summed E-state index contributed by atoms with van der Waals surface area (Å²) in [5.74, 6) is 3.67. The van der Waals surface area contributed by atoms with Gasteiger partial charge in [-0.25, -0.2) is 19.7 Å². The van der Waals surface area contributed by atoms with Gasteiger partial charge in [0.1, 0.15) is 30.2 Å². The van der Waals surface area contributed by atoms with Crippen LogP contribution < -0.4 is 9.47 Å². The van der Waals surface area contributed by atoms with Gasteiger partial charge in [0.15, 0.2) is 5.82 Å². The lowest BCUT2D eigenvalue weighted by atomic mass is 10.0. The second-order valence-electron chi connectivity index (χ2n) is 8.49. The third-order valence-electron chi connectivity index (χ3n) is 5.70. The minimum absolute atomic E-state index is 0.140. The maximum absolute atomic E-state index is 5.85. The van der Waals surface area contributed by atoms with Crippen LogP contribution in [0.2, 0.25) is 0 Å². The smallest absolute Gasteiger partial charge is 0.209 e. The number of pyridine rings is 1. The Morgan fingerprint density at radius 2 is 1.60 bits per heavy atom. The van der Waals surface area contributed by atoms with E-state index >= 15 is 0 Å². The molecule has 1 aliphatic heterocycles. The second-order valence-corrected chi connectivity index (χ2v) is 8.49. The van der Waals surface area contributed by atoms with Gasteiger partial charge in [-0.3, -0.25) is 0 Å². The van der Waals surface area contributed by atoms with Crippen molar-refractivity contribution in [1.29, 1.82) is 0 Å². The molecule has 0 radical (unpaired) electrons. The van der Waals surface area contributed by atoms with Gasteiger partial charge in [0.25, 0.3) is 0 Å². The van der Waals surface area contributed by atoms with Crippen molar-refractivity contribution >= 4 is 11.8 Å². The molecule has 0 N–H and O–H groups in total. The van der Waals surface area contributed by atoms with Gasteiger partial charge in [-0.15, -0.1) is 0 Å². The first-order valence-corrected chi connectivity index (χ1v) is 11.5. The van der Waals surface area contributed by atoms with Crippen molar-refractivity contribution in [3.63, 3.8) is 0 Å². The Kier molecular flexibility index (Phi) is 7.64. The Morgan fingerprint density at radius 3 is 2.23 bits per heavy atom. The summed E-state index contributed by atoms with van der Waals surface area (Å²) in [5, 5.41) is 4.67. The number of hydrogen-bond donors (Lipinski definition) is 0. The molecule has 2 aromatic heterocycles. The molecule has 1 aliphatic rings. The number of benzene rings is 1. The molecule has 0 aliphatic carbocycles. The molecule has 9 nitrogen and oxygen atoms in total. The van der Waals surface area contributed by atoms with Crippen molar-refractivity contribution < 1.29 is 18.9 Å². The predicted molar refractivity (Wildman–Crippen MR) is 134 cm³/mol. The first kappa shape index (κ1) is 24.3. The summed E-state index contributed by atoms with van der Waals surface area (Å²) >= 11 is 0. The summed E-state index contributed by atoms with van der Waals surface area (Å²) < 4.78 is 23.8. The molecule has 35 heavy (non-hydrogen) atoms. The minimum atomic E-state index is -0.282. The monoisotopic (exact) mass is 477 g/mol. The van der Waals surface area contributed by atoms with Crippen LogP contribution >= 0.6 is 0 Å². The van der Waals surface area contributed by atoms with Gasteiger partial charge in [0, 0.05) is 12.6 Å². The van der Waals surface area contributed by atoms with Crippen molar-refractivity contribution in [2.45, 2.75) is 39.0 Å². The molecule has 0 bridgehead atoms. The lowest BCUT2D eigenvalue weighted by Crippen LogP contribution is -2.38. The number of nitrogens with zero attached hydrogens (tertiary/aromatic N) is 5. The fourth-order valence-electron chi connectivity index (χ4n) is 3.77. The molecule has 2 atom stereocenters. The van der Waals surface area contributed by atoms with Gasteiger partial charge in [-0.05, 0) is 41.8 Å². The van der Waals surface area contributed by atoms with Crippen molar-refractivity contribution in [3.05, 3.63) is 66.1 Å². The zero-order valence-electron chi connectivity index (χ0n) is 20.7. The van der Waals surface area contributed by atoms with E-state index in [-0.39, 0.29) is 18.0 Å². The fraction of sp³-hybridized carbons (Fsp3) is 0.385. The quantitative estimate of drug-likeness (QED) is 0.489. The molecule has 3 heterocycles. The zero-order chi connectivity index (χ0) is 24.8. The molecule has 9 heteroatoms. The Morgan fingerprint density at radius 1 is 0.857 bits per heavy atom. The third-order valence-corrected chi connectivity index (χ3v) is 5.70. The van der Waals surface area contributed by atoms with Gasteiger partial charge in [0.05, 0.1) is 33.2 Å². The molecule has 2 unspecified atom stereocenters. The molecule has 0 spiro atoms. The van der Waals surface area contributed by atoms with E-state index in [1.54, 1.807) is 32.2 Å². The van der Waals surface area contributed by atoms with E-state index in [0.717, 1.165) is 17.0 Å². The Hall–Kier alpha value is -3.88.